The van der Waals surface area contributed by atoms with Crippen LogP contribution in [0.3, 0.4) is 0 Å². The van der Waals surface area contributed by atoms with Crippen LogP contribution in [0.5, 0.6) is 5.75 Å². The topological polar surface area (TPSA) is 94.3 Å². The number of sulfonamides is 1. The highest BCUT2D eigenvalue weighted by Crippen LogP contribution is 2.25. The van der Waals surface area contributed by atoms with Crippen molar-refractivity contribution >= 4 is 21.4 Å². The van der Waals surface area contributed by atoms with E-state index in [9.17, 15) is 12.8 Å². The summed E-state index contributed by atoms with van der Waals surface area (Å²) in [5.74, 6) is -0.403. The summed E-state index contributed by atoms with van der Waals surface area (Å²) in [6.45, 7) is 0. The highest BCUT2D eigenvalue weighted by Gasteiger charge is 2.19. The lowest BCUT2D eigenvalue weighted by Crippen LogP contribution is -2.16. The number of nitrogen functional groups attached to an aromatic ring is 1. The molecular formula is C12H12FN3O3S. The van der Waals surface area contributed by atoms with E-state index in [4.69, 9.17) is 10.5 Å². The Hall–Kier alpha value is -2.35. The van der Waals surface area contributed by atoms with Crippen molar-refractivity contribution in [2.45, 2.75) is 4.90 Å². The molecule has 0 aliphatic carbocycles. The number of methoxy groups -OCH3 is 1. The summed E-state index contributed by atoms with van der Waals surface area (Å²) >= 11 is 0. The zero-order valence-corrected chi connectivity index (χ0v) is 11.3. The Bertz CT molecular complexity index is 734. The number of ether oxygens (including phenoxy) is 1. The molecule has 0 aliphatic heterocycles. The molecule has 0 radical (unpaired) electrons. The summed E-state index contributed by atoms with van der Waals surface area (Å²) < 4.78 is 44.9. The fraction of sp³-hybridized carbons (Fsp3) is 0.0833. The minimum Gasteiger partial charge on any atom is -0.497 e. The number of aromatic nitrogens is 1. The van der Waals surface area contributed by atoms with Gasteiger partial charge in [0.1, 0.15) is 16.5 Å². The van der Waals surface area contributed by atoms with Crippen LogP contribution in [-0.4, -0.2) is 20.5 Å². The second kappa shape index (κ2) is 5.33. The lowest BCUT2D eigenvalue weighted by Gasteiger charge is -2.11. The molecule has 0 amide bonds. The smallest absolute Gasteiger partial charge is 0.265 e. The van der Waals surface area contributed by atoms with E-state index in [1.165, 1.54) is 31.5 Å². The minimum atomic E-state index is -4.02. The maximum atomic E-state index is 13.6. The van der Waals surface area contributed by atoms with E-state index in [1.54, 1.807) is 0 Å². The molecule has 106 valence electrons. The van der Waals surface area contributed by atoms with E-state index in [-0.39, 0.29) is 16.3 Å². The SMILES string of the molecule is COc1ccc(F)c(NS(=O)(=O)c2cnccc2N)c1. The number of rotatable bonds is 4. The third kappa shape index (κ3) is 2.80. The van der Waals surface area contributed by atoms with Crippen molar-refractivity contribution in [2.24, 2.45) is 0 Å². The number of hydrogen-bond acceptors (Lipinski definition) is 5. The maximum Gasteiger partial charge on any atom is 0.265 e. The minimum absolute atomic E-state index is 0.0239. The van der Waals surface area contributed by atoms with Gasteiger partial charge in [-0.15, -0.1) is 0 Å². The van der Waals surface area contributed by atoms with E-state index < -0.39 is 15.8 Å². The summed E-state index contributed by atoms with van der Waals surface area (Å²) in [4.78, 5) is 3.47. The van der Waals surface area contributed by atoms with Crippen LogP contribution in [0.25, 0.3) is 0 Å². The first-order valence-electron chi connectivity index (χ1n) is 5.50. The zero-order chi connectivity index (χ0) is 14.8. The molecule has 2 aromatic rings. The van der Waals surface area contributed by atoms with E-state index in [0.717, 1.165) is 12.3 Å². The summed E-state index contributed by atoms with van der Waals surface area (Å²) in [6, 6.07) is 5.06. The van der Waals surface area contributed by atoms with Gasteiger partial charge in [0.05, 0.1) is 18.5 Å². The fourth-order valence-electron chi connectivity index (χ4n) is 1.52. The van der Waals surface area contributed by atoms with Crippen molar-refractivity contribution in [3.05, 3.63) is 42.5 Å². The molecule has 1 aromatic heterocycles. The molecule has 2 rings (SSSR count). The van der Waals surface area contributed by atoms with Gasteiger partial charge in [-0.25, -0.2) is 12.8 Å². The zero-order valence-electron chi connectivity index (χ0n) is 10.5. The number of nitrogens with two attached hydrogens (primary N) is 1. The van der Waals surface area contributed by atoms with Gasteiger partial charge in [0, 0.05) is 18.5 Å². The summed E-state index contributed by atoms with van der Waals surface area (Å²) in [5.41, 5.74) is 5.37. The Morgan fingerprint density at radius 2 is 2.10 bits per heavy atom. The number of pyridine rings is 1. The van der Waals surface area contributed by atoms with E-state index in [0.29, 0.717) is 5.75 Å². The molecule has 0 bridgehead atoms. The fourth-order valence-corrected chi connectivity index (χ4v) is 2.66. The normalized spacial score (nSPS) is 11.1. The van der Waals surface area contributed by atoms with Crippen molar-refractivity contribution < 1.29 is 17.5 Å². The second-order valence-corrected chi connectivity index (χ2v) is 5.52. The van der Waals surface area contributed by atoms with Gasteiger partial charge in [-0.3, -0.25) is 9.71 Å². The number of nitrogens with zero attached hydrogens (tertiary/aromatic N) is 1. The van der Waals surface area contributed by atoms with Crippen LogP contribution < -0.4 is 15.2 Å². The van der Waals surface area contributed by atoms with Crippen LogP contribution in [-0.2, 0) is 10.0 Å². The molecule has 0 spiro atoms. The standard InChI is InChI=1S/C12H12FN3O3S/c1-19-8-2-3-9(13)11(6-8)16-20(17,18)12-7-15-5-4-10(12)14/h2-7,16H,1H3,(H2,14,15). The molecule has 8 heteroatoms. The van der Waals surface area contributed by atoms with Crippen LogP contribution in [0.2, 0.25) is 0 Å². The Kier molecular flexibility index (Phi) is 3.75. The molecule has 3 N–H and O–H groups in total. The Labute approximate surface area is 115 Å². The number of benzene rings is 1. The molecule has 0 saturated heterocycles. The van der Waals surface area contributed by atoms with E-state index in [1.807, 2.05) is 0 Å². The van der Waals surface area contributed by atoms with Gasteiger partial charge in [-0.05, 0) is 18.2 Å². The predicted molar refractivity (Wildman–Crippen MR) is 72.4 cm³/mol. The quantitative estimate of drug-likeness (QED) is 0.894. The first-order chi connectivity index (χ1) is 9.44. The van der Waals surface area contributed by atoms with Crippen molar-refractivity contribution in [1.82, 2.24) is 4.98 Å². The highest BCUT2D eigenvalue weighted by atomic mass is 32.2. The largest absolute Gasteiger partial charge is 0.497 e. The molecule has 0 atom stereocenters. The van der Waals surface area contributed by atoms with Gasteiger partial charge >= 0.3 is 0 Å². The van der Waals surface area contributed by atoms with Crippen LogP contribution in [0.1, 0.15) is 0 Å². The van der Waals surface area contributed by atoms with Gasteiger partial charge in [0.2, 0.25) is 0 Å². The Morgan fingerprint density at radius 1 is 1.35 bits per heavy atom. The monoisotopic (exact) mass is 297 g/mol. The number of halogens is 1. The molecule has 0 unspecified atom stereocenters. The van der Waals surface area contributed by atoms with Gasteiger partial charge in [-0.1, -0.05) is 0 Å². The van der Waals surface area contributed by atoms with Gasteiger partial charge in [0.15, 0.2) is 0 Å². The third-order valence-corrected chi connectivity index (χ3v) is 3.93. The van der Waals surface area contributed by atoms with E-state index >= 15 is 0 Å². The average molecular weight is 297 g/mol. The van der Waals surface area contributed by atoms with Gasteiger partial charge in [-0.2, -0.15) is 0 Å². The molecule has 1 aromatic carbocycles. The molecule has 0 fully saturated rings. The van der Waals surface area contributed by atoms with E-state index in [2.05, 4.69) is 9.71 Å². The molecule has 1 heterocycles. The maximum absolute atomic E-state index is 13.6. The van der Waals surface area contributed by atoms with Crippen molar-refractivity contribution in [3.8, 4) is 5.75 Å². The molecule has 0 aliphatic rings. The summed E-state index contributed by atoms with van der Waals surface area (Å²) in [7, 11) is -2.63. The molecule has 6 nitrogen and oxygen atoms in total. The predicted octanol–water partition coefficient (Wildman–Crippen LogP) is 1.61. The molecule has 0 saturated carbocycles. The number of anilines is 2. The second-order valence-electron chi connectivity index (χ2n) is 3.86. The lowest BCUT2D eigenvalue weighted by atomic mass is 10.3. The Balaban J connectivity index is 2.41. The Morgan fingerprint density at radius 3 is 2.75 bits per heavy atom. The van der Waals surface area contributed by atoms with Gasteiger partial charge in [0.25, 0.3) is 10.0 Å². The first-order valence-corrected chi connectivity index (χ1v) is 6.98. The lowest BCUT2D eigenvalue weighted by molar-refractivity contribution is 0.414. The van der Waals surface area contributed by atoms with Crippen molar-refractivity contribution in [3.63, 3.8) is 0 Å². The molecule has 20 heavy (non-hydrogen) atoms. The first kappa shape index (κ1) is 14.1. The van der Waals surface area contributed by atoms with Crippen molar-refractivity contribution in [1.29, 1.82) is 0 Å². The molecular weight excluding hydrogens is 285 g/mol. The van der Waals surface area contributed by atoms with Crippen LogP contribution in [0.15, 0.2) is 41.6 Å². The van der Waals surface area contributed by atoms with Crippen LogP contribution in [0.4, 0.5) is 15.8 Å². The highest BCUT2D eigenvalue weighted by molar-refractivity contribution is 7.92. The third-order valence-electron chi connectivity index (χ3n) is 2.52. The van der Waals surface area contributed by atoms with Gasteiger partial charge < -0.3 is 10.5 Å². The van der Waals surface area contributed by atoms with Crippen LogP contribution >= 0.6 is 0 Å². The van der Waals surface area contributed by atoms with Crippen LogP contribution in [0, 0.1) is 5.82 Å². The summed E-state index contributed by atoms with van der Waals surface area (Å²) in [6.07, 6.45) is 2.45. The van der Waals surface area contributed by atoms with Crippen molar-refractivity contribution in [2.75, 3.05) is 17.6 Å². The summed E-state index contributed by atoms with van der Waals surface area (Å²) in [5, 5.41) is 0. The number of nitrogens with one attached hydrogen (secondary N) is 1. The number of hydrogen-bond donors (Lipinski definition) is 2. The average Bonchev–Trinajstić information content (AvgIpc) is 2.41.